The van der Waals surface area contributed by atoms with E-state index in [1.54, 1.807) is 7.11 Å². The van der Waals surface area contributed by atoms with Gasteiger partial charge in [-0.3, -0.25) is 0 Å². The number of carbonyl (C=O) groups is 1. The Morgan fingerprint density at radius 1 is 1.50 bits per heavy atom. The van der Waals surface area contributed by atoms with Crippen molar-refractivity contribution < 1.29 is 24.1 Å². The van der Waals surface area contributed by atoms with Crippen molar-refractivity contribution in [2.24, 2.45) is 0 Å². The van der Waals surface area contributed by atoms with Crippen LogP contribution in [-0.4, -0.2) is 55.4 Å². The standard InChI is InChI=1S/C12H23NO5/c1-12(2,3)18-11(15)13-8-5-9(16-4)10(6-14)17-7-8/h8-10,14H,5-7H2,1-4H3,(H,13,15)/t8-,9?,10-/m1/s1. The van der Waals surface area contributed by atoms with Crippen molar-refractivity contribution in [3.05, 3.63) is 0 Å². The van der Waals surface area contributed by atoms with E-state index >= 15 is 0 Å². The van der Waals surface area contributed by atoms with Crippen LogP contribution in [0.5, 0.6) is 0 Å². The summed E-state index contributed by atoms with van der Waals surface area (Å²) in [4.78, 5) is 11.6. The van der Waals surface area contributed by atoms with Crippen molar-refractivity contribution in [3.63, 3.8) is 0 Å². The number of rotatable bonds is 3. The Hall–Kier alpha value is -0.850. The van der Waals surface area contributed by atoms with E-state index in [0.29, 0.717) is 13.0 Å². The smallest absolute Gasteiger partial charge is 0.407 e. The highest BCUT2D eigenvalue weighted by atomic mass is 16.6. The second-order valence-electron chi connectivity index (χ2n) is 5.41. The van der Waals surface area contributed by atoms with Gasteiger partial charge in [-0.2, -0.15) is 0 Å². The van der Waals surface area contributed by atoms with E-state index in [-0.39, 0.29) is 24.9 Å². The molecule has 1 saturated heterocycles. The van der Waals surface area contributed by atoms with Crippen molar-refractivity contribution >= 4 is 6.09 Å². The molecule has 0 aliphatic carbocycles. The molecule has 1 unspecified atom stereocenters. The van der Waals surface area contributed by atoms with Gasteiger partial charge >= 0.3 is 6.09 Å². The van der Waals surface area contributed by atoms with Gasteiger partial charge in [-0.05, 0) is 27.2 Å². The third-order valence-electron chi connectivity index (χ3n) is 2.65. The van der Waals surface area contributed by atoms with Gasteiger partial charge in [0.25, 0.3) is 0 Å². The van der Waals surface area contributed by atoms with Gasteiger partial charge in [0.05, 0.1) is 25.4 Å². The van der Waals surface area contributed by atoms with Crippen LogP contribution in [0, 0.1) is 0 Å². The van der Waals surface area contributed by atoms with E-state index in [0.717, 1.165) is 0 Å². The summed E-state index contributed by atoms with van der Waals surface area (Å²) < 4.78 is 15.8. The fourth-order valence-corrected chi connectivity index (χ4v) is 1.84. The quantitative estimate of drug-likeness (QED) is 0.781. The summed E-state index contributed by atoms with van der Waals surface area (Å²) in [6, 6.07) is -0.160. The molecule has 106 valence electrons. The number of aliphatic hydroxyl groups excluding tert-OH is 1. The monoisotopic (exact) mass is 261 g/mol. The lowest BCUT2D eigenvalue weighted by atomic mass is 10.0. The molecule has 1 amide bonds. The molecule has 18 heavy (non-hydrogen) atoms. The van der Waals surface area contributed by atoms with E-state index in [4.69, 9.17) is 19.3 Å². The van der Waals surface area contributed by atoms with Gasteiger partial charge in [-0.25, -0.2) is 4.79 Å². The average molecular weight is 261 g/mol. The summed E-state index contributed by atoms with van der Waals surface area (Å²) in [7, 11) is 1.56. The average Bonchev–Trinajstić information content (AvgIpc) is 2.26. The molecule has 1 heterocycles. The minimum Gasteiger partial charge on any atom is -0.444 e. The summed E-state index contributed by atoms with van der Waals surface area (Å²) in [5.41, 5.74) is -0.520. The number of hydrogen-bond donors (Lipinski definition) is 2. The minimum atomic E-state index is -0.520. The van der Waals surface area contributed by atoms with Crippen molar-refractivity contribution in [2.75, 3.05) is 20.3 Å². The first kappa shape index (κ1) is 15.2. The zero-order chi connectivity index (χ0) is 13.8. The SMILES string of the molecule is COC1C[C@@H](NC(=O)OC(C)(C)C)CO[C@@H]1CO. The predicted octanol–water partition coefficient (Wildman–Crippen LogP) is 0.676. The van der Waals surface area contributed by atoms with Crippen LogP contribution >= 0.6 is 0 Å². The molecule has 0 aromatic rings. The third kappa shape index (κ3) is 4.80. The highest BCUT2D eigenvalue weighted by molar-refractivity contribution is 5.68. The molecule has 1 aliphatic rings. The first-order valence-corrected chi connectivity index (χ1v) is 6.10. The van der Waals surface area contributed by atoms with Crippen LogP contribution in [0.15, 0.2) is 0 Å². The topological polar surface area (TPSA) is 77.0 Å². The Balaban J connectivity index is 2.42. The molecule has 6 heteroatoms. The van der Waals surface area contributed by atoms with Gasteiger partial charge in [-0.15, -0.1) is 0 Å². The van der Waals surface area contributed by atoms with Gasteiger partial charge in [0.2, 0.25) is 0 Å². The minimum absolute atomic E-state index is 0.0857. The Morgan fingerprint density at radius 2 is 2.17 bits per heavy atom. The Kier molecular flexibility index (Phi) is 5.37. The first-order valence-electron chi connectivity index (χ1n) is 6.10. The Morgan fingerprint density at radius 3 is 2.67 bits per heavy atom. The number of aliphatic hydroxyl groups is 1. The molecule has 0 aromatic heterocycles. The maximum atomic E-state index is 11.6. The van der Waals surface area contributed by atoms with Crippen molar-refractivity contribution in [2.45, 2.75) is 51.0 Å². The normalized spacial score (nSPS) is 28.8. The summed E-state index contributed by atoms with van der Waals surface area (Å²) >= 11 is 0. The zero-order valence-electron chi connectivity index (χ0n) is 11.4. The van der Waals surface area contributed by atoms with Crippen molar-refractivity contribution in [1.29, 1.82) is 0 Å². The molecule has 1 aliphatic heterocycles. The van der Waals surface area contributed by atoms with Crippen LogP contribution in [-0.2, 0) is 14.2 Å². The highest BCUT2D eigenvalue weighted by Crippen LogP contribution is 2.17. The van der Waals surface area contributed by atoms with E-state index < -0.39 is 11.7 Å². The van der Waals surface area contributed by atoms with E-state index in [1.807, 2.05) is 20.8 Å². The summed E-state index contributed by atoms with van der Waals surface area (Å²) in [5, 5.41) is 11.8. The van der Waals surface area contributed by atoms with Crippen LogP contribution < -0.4 is 5.32 Å². The van der Waals surface area contributed by atoms with Crippen molar-refractivity contribution in [3.8, 4) is 0 Å². The van der Waals surface area contributed by atoms with Crippen LogP contribution in [0.25, 0.3) is 0 Å². The van der Waals surface area contributed by atoms with Crippen LogP contribution in [0.3, 0.4) is 0 Å². The van der Waals surface area contributed by atoms with E-state index in [2.05, 4.69) is 5.32 Å². The lowest BCUT2D eigenvalue weighted by molar-refractivity contribution is -0.119. The second-order valence-corrected chi connectivity index (χ2v) is 5.41. The number of alkyl carbamates (subject to hydrolysis) is 1. The molecule has 2 N–H and O–H groups in total. The molecular formula is C12H23NO5. The van der Waals surface area contributed by atoms with E-state index in [9.17, 15) is 4.79 Å². The second kappa shape index (κ2) is 6.36. The maximum absolute atomic E-state index is 11.6. The fraction of sp³-hybridized carbons (Fsp3) is 0.917. The molecule has 1 fully saturated rings. The van der Waals surface area contributed by atoms with Gasteiger partial charge in [0, 0.05) is 7.11 Å². The lowest BCUT2D eigenvalue weighted by Crippen LogP contribution is -2.51. The Labute approximate surface area is 108 Å². The lowest BCUT2D eigenvalue weighted by Gasteiger charge is -2.35. The van der Waals surface area contributed by atoms with Gasteiger partial charge in [-0.1, -0.05) is 0 Å². The largest absolute Gasteiger partial charge is 0.444 e. The fourth-order valence-electron chi connectivity index (χ4n) is 1.84. The highest BCUT2D eigenvalue weighted by Gasteiger charge is 2.32. The van der Waals surface area contributed by atoms with Gasteiger partial charge < -0.3 is 24.6 Å². The molecule has 3 atom stereocenters. The summed E-state index contributed by atoms with van der Waals surface area (Å²) in [5.74, 6) is 0. The molecular weight excluding hydrogens is 238 g/mol. The number of methoxy groups -OCH3 is 1. The number of amides is 1. The van der Waals surface area contributed by atoms with Gasteiger partial charge in [0.15, 0.2) is 0 Å². The molecule has 1 rings (SSSR count). The third-order valence-corrected chi connectivity index (χ3v) is 2.65. The molecule has 0 bridgehead atoms. The zero-order valence-corrected chi connectivity index (χ0v) is 11.4. The summed E-state index contributed by atoms with van der Waals surface area (Å²) in [6.07, 6.45) is -0.412. The van der Waals surface area contributed by atoms with Crippen LogP contribution in [0.2, 0.25) is 0 Å². The predicted molar refractivity (Wildman–Crippen MR) is 65.4 cm³/mol. The summed E-state index contributed by atoms with van der Waals surface area (Å²) in [6.45, 7) is 5.69. The first-order chi connectivity index (χ1) is 8.35. The molecule has 0 aromatic carbocycles. The van der Waals surface area contributed by atoms with Crippen LogP contribution in [0.1, 0.15) is 27.2 Å². The maximum Gasteiger partial charge on any atom is 0.407 e. The Bertz CT molecular complexity index is 276. The number of carbonyl (C=O) groups excluding carboxylic acids is 1. The molecule has 0 saturated carbocycles. The molecule has 6 nitrogen and oxygen atoms in total. The number of nitrogens with one attached hydrogen (secondary N) is 1. The number of ether oxygens (including phenoxy) is 3. The number of hydrogen-bond acceptors (Lipinski definition) is 5. The molecule has 0 radical (unpaired) electrons. The van der Waals surface area contributed by atoms with Gasteiger partial charge in [0.1, 0.15) is 11.7 Å². The van der Waals surface area contributed by atoms with Crippen LogP contribution in [0.4, 0.5) is 4.79 Å². The van der Waals surface area contributed by atoms with Crippen molar-refractivity contribution in [1.82, 2.24) is 5.32 Å². The molecule has 0 spiro atoms. The van der Waals surface area contributed by atoms with E-state index in [1.165, 1.54) is 0 Å².